The van der Waals surface area contributed by atoms with Crippen LogP contribution in [0.25, 0.3) is 11.3 Å². The van der Waals surface area contributed by atoms with E-state index in [1.54, 1.807) is 0 Å². The molecule has 2 aliphatic carbocycles. The number of urea groups is 1. The summed E-state index contributed by atoms with van der Waals surface area (Å²) in [7, 11) is 0. The van der Waals surface area contributed by atoms with Crippen molar-refractivity contribution in [2.24, 2.45) is 5.92 Å². The predicted octanol–water partition coefficient (Wildman–Crippen LogP) is 4.13. The van der Waals surface area contributed by atoms with Gasteiger partial charge in [-0.15, -0.1) is 11.3 Å². The topological polar surface area (TPSA) is 91.4 Å². The Labute approximate surface area is 191 Å². The first-order valence-electron chi connectivity index (χ1n) is 11.5. The van der Waals surface area contributed by atoms with Crippen molar-refractivity contribution in [2.75, 3.05) is 11.9 Å². The summed E-state index contributed by atoms with van der Waals surface area (Å²) >= 11 is 1.34. The zero-order valence-corrected chi connectivity index (χ0v) is 19.1. The van der Waals surface area contributed by atoms with Crippen molar-refractivity contribution >= 4 is 34.3 Å². The number of carbonyl (C=O) groups is 3. The average molecular weight is 453 g/mol. The van der Waals surface area contributed by atoms with Crippen LogP contribution in [-0.4, -0.2) is 39.8 Å². The molecule has 0 radical (unpaired) electrons. The van der Waals surface area contributed by atoms with E-state index in [2.05, 4.69) is 33.8 Å². The van der Waals surface area contributed by atoms with Gasteiger partial charge in [0.2, 0.25) is 5.91 Å². The molecule has 5 rings (SSSR count). The third kappa shape index (κ3) is 3.70. The number of amides is 4. The van der Waals surface area contributed by atoms with Gasteiger partial charge in [0.15, 0.2) is 5.13 Å². The number of benzene rings is 1. The lowest BCUT2D eigenvalue weighted by atomic mass is 9.73. The van der Waals surface area contributed by atoms with E-state index in [-0.39, 0.29) is 18.4 Å². The molecule has 2 heterocycles. The molecule has 0 bridgehead atoms. The number of imide groups is 1. The summed E-state index contributed by atoms with van der Waals surface area (Å²) in [6.45, 7) is 1.70. The van der Waals surface area contributed by atoms with Crippen LogP contribution in [0, 0.1) is 5.92 Å². The summed E-state index contributed by atoms with van der Waals surface area (Å²) in [5, 5.41) is 8.03. The minimum Gasteiger partial charge on any atom is -0.323 e. The molecule has 4 amide bonds. The lowest BCUT2D eigenvalue weighted by Crippen LogP contribution is -2.54. The van der Waals surface area contributed by atoms with E-state index >= 15 is 0 Å². The third-order valence-electron chi connectivity index (χ3n) is 7.20. The predicted molar refractivity (Wildman–Crippen MR) is 123 cm³/mol. The average Bonchev–Trinajstić information content (AvgIpc) is 3.34. The van der Waals surface area contributed by atoms with Crippen molar-refractivity contribution < 1.29 is 14.4 Å². The summed E-state index contributed by atoms with van der Waals surface area (Å²) in [6.07, 6.45) is 8.20. The van der Waals surface area contributed by atoms with E-state index in [0.29, 0.717) is 11.6 Å². The van der Waals surface area contributed by atoms with Crippen molar-refractivity contribution in [3.63, 3.8) is 0 Å². The molecular weight excluding hydrogens is 424 g/mol. The molecule has 168 valence electrons. The van der Waals surface area contributed by atoms with Gasteiger partial charge in [0.1, 0.15) is 12.1 Å². The molecule has 1 aromatic heterocycles. The number of anilines is 1. The van der Waals surface area contributed by atoms with Crippen LogP contribution < -0.4 is 10.6 Å². The van der Waals surface area contributed by atoms with Crippen LogP contribution in [0.1, 0.15) is 56.6 Å². The number of aryl methyl sites for hydroxylation is 2. The molecule has 32 heavy (non-hydrogen) atoms. The van der Waals surface area contributed by atoms with Gasteiger partial charge in [0.05, 0.1) is 5.69 Å². The minimum atomic E-state index is -0.851. The van der Waals surface area contributed by atoms with Crippen LogP contribution in [0.4, 0.5) is 9.93 Å². The molecule has 8 heteroatoms. The van der Waals surface area contributed by atoms with Crippen LogP contribution in [0.5, 0.6) is 0 Å². The van der Waals surface area contributed by atoms with E-state index in [9.17, 15) is 14.4 Å². The van der Waals surface area contributed by atoms with Gasteiger partial charge < -0.3 is 10.6 Å². The maximum Gasteiger partial charge on any atom is 0.325 e. The zero-order chi connectivity index (χ0) is 22.3. The fourth-order valence-corrected chi connectivity index (χ4v) is 6.03. The maximum absolute atomic E-state index is 13.0. The van der Waals surface area contributed by atoms with Gasteiger partial charge in [-0.3, -0.25) is 14.5 Å². The Morgan fingerprint density at radius 1 is 1.22 bits per heavy atom. The van der Waals surface area contributed by atoms with Gasteiger partial charge in [0, 0.05) is 10.9 Å². The molecule has 3 aliphatic rings. The normalized spacial score (nSPS) is 25.0. The fourth-order valence-electron chi connectivity index (χ4n) is 5.30. The standard InChI is InChI=1S/C24H28N4O3S/c1-15-6-4-5-11-24(15)21(30)28(23(31)27-24)13-20(29)26-22-25-19(14-32-22)18-10-9-16-7-2-3-8-17(16)12-18/h9-10,12,14-15H,2-8,11,13H2,1H3,(H,27,31)(H,25,26,29)/t15-,24+/m1/s1. The van der Waals surface area contributed by atoms with E-state index in [1.165, 1.54) is 35.3 Å². The summed E-state index contributed by atoms with van der Waals surface area (Å²) in [5.41, 5.74) is 3.82. The van der Waals surface area contributed by atoms with Gasteiger partial charge in [-0.25, -0.2) is 9.78 Å². The largest absolute Gasteiger partial charge is 0.325 e. The Bertz CT molecular complexity index is 1080. The minimum absolute atomic E-state index is 0.0684. The lowest BCUT2D eigenvalue weighted by molar-refractivity contribution is -0.136. The molecular formula is C24H28N4O3S. The highest BCUT2D eigenvalue weighted by Crippen LogP contribution is 2.38. The number of aromatic nitrogens is 1. The number of hydrogen-bond acceptors (Lipinski definition) is 5. The van der Waals surface area contributed by atoms with Gasteiger partial charge in [-0.2, -0.15) is 0 Å². The molecule has 1 saturated heterocycles. The molecule has 0 unspecified atom stereocenters. The highest BCUT2D eigenvalue weighted by atomic mass is 32.1. The Morgan fingerprint density at radius 3 is 2.84 bits per heavy atom. The van der Waals surface area contributed by atoms with E-state index < -0.39 is 17.5 Å². The van der Waals surface area contributed by atoms with Crippen LogP contribution in [0.3, 0.4) is 0 Å². The van der Waals surface area contributed by atoms with Crippen molar-refractivity contribution in [1.29, 1.82) is 0 Å². The highest BCUT2D eigenvalue weighted by molar-refractivity contribution is 7.14. The molecule has 7 nitrogen and oxygen atoms in total. The molecule has 1 spiro atoms. The van der Waals surface area contributed by atoms with Crippen LogP contribution in [0.15, 0.2) is 23.6 Å². The SMILES string of the molecule is C[C@@H]1CCCC[C@]12NC(=O)N(CC(=O)Nc1nc(-c3ccc4c(c3)CCCC4)cs1)C2=O. The summed E-state index contributed by atoms with van der Waals surface area (Å²) in [4.78, 5) is 43.8. The van der Waals surface area contributed by atoms with Crippen molar-refractivity contribution in [1.82, 2.24) is 15.2 Å². The maximum atomic E-state index is 13.0. The van der Waals surface area contributed by atoms with Crippen molar-refractivity contribution in [3.05, 3.63) is 34.7 Å². The second kappa shape index (κ2) is 8.31. The molecule has 2 aromatic rings. The van der Waals surface area contributed by atoms with E-state index in [1.807, 2.05) is 12.3 Å². The van der Waals surface area contributed by atoms with Gasteiger partial charge >= 0.3 is 6.03 Å². The quantitative estimate of drug-likeness (QED) is 0.683. The van der Waals surface area contributed by atoms with Crippen LogP contribution >= 0.6 is 11.3 Å². The van der Waals surface area contributed by atoms with E-state index in [4.69, 9.17) is 0 Å². The van der Waals surface area contributed by atoms with Crippen molar-refractivity contribution in [3.8, 4) is 11.3 Å². The monoisotopic (exact) mass is 452 g/mol. The number of thiazole rings is 1. The zero-order valence-electron chi connectivity index (χ0n) is 18.3. The van der Waals surface area contributed by atoms with E-state index in [0.717, 1.165) is 48.3 Å². The molecule has 2 N–H and O–H groups in total. The van der Waals surface area contributed by atoms with Gasteiger partial charge in [-0.05, 0) is 61.6 Å². The number of fused-ring (bicyclic) bond motifs is 1. The number of carbonyl (C=O) groups excluding carboxylic acids is 3. The second-order valence-corrected chi connectivity index (χ2v) is 10.1. The Hall–Kier alpha value is -2.74. The first-order chi connectivity index (χ1) is 15.5. The smallest absolute Gasteiger partial charge is 0.323 e. The van der Waals surface area contributed by atoms with Crippen LogP contribution in [0.2, 0.25) is 0 Å². The first kappa shape index (κ1) is 21.1. The summed E-state index contributed by atoms with van der Waals surface area (Å²) in [6, 6.07) is 5.99. The molecule has 2 fully saturated rings. The number of nitrogens with zero attached hydrogens (tertiary/aromatic N) is 2. The third-order valence-corrected chi connectivity index (χ3v) is 7.96. The first-order valence-corrected chi connectivity index (χ1v) is 12.4. The molecule has 1 aliphatic heterocycles. The molecule has 1 aromatic carbocycles. The Kier molecular flexibility index (Phi) is 5.49. The summed E-state index contributed by atoms with van der Waals surface area (Å²) in [5.74, 6) is -0.627. The highest BCUT2D eigenvalue weighted by Gasteiger charge is 2.55. The van der Waals surface area contributed by atoms with Gasteiger partial charge in [0.25, 0.3) is 5.91 Å². The lowest BCUT2D eigenvalue weighted by Gasteiger charge is -2.36. The fraction of sp³-hybridized carbons (Fsp3) is 0.500. The van der Waals surface area contributed by atoms with Crippen molar-refractivity contribution in [2.45, 2.75) is 63.8 Å². The summed E-state index contributed by atoms with van der Waals surface area (Å²) < 4.78 is 0. The Morgan fingerprint density at radius 2 is 2.03 bits per heavy atom. The van der Waals surface area contributed by atoms with Gasteiger partial charge in [-0.1, -0.05) is 31.9 Å². The Balaban J connectivity index is 1.25. The number of nitrogens with one attached hydrogen (secondary N) is 2. The van der Waals surface area contributed by atoms with Crippen LogP contribution in [-0.2, 0) is 22.4 Å². The molecule has 1 saturated carbocycles. The number of rotatable bonds is 4. The number of hydrogen-bond donors (Lipinski definition) is 2. The second-order valence-electron chi connectivity index (χ2n) is 9.22. The molecule has 2 atom stereocenters.